The molecule has 0 aliphatic heterocycles. The van der Waals surface area contributed by atoms with Crippen LogP contribution in [0, 0.1) is 13.8 Å². The van der Waals surface area contributed by atoms with E-state index in [4.69, 9.17) is 18.9 Å². The average Bonchev–Trinajstić information content (AvgIpc) is 2.96. The molecule has 8 nitrogen and oxygen atoms in total. The average molecular weight is 611 g/mol. The fourth-order valence-electron chi connectivity index (χ4n) is 4.85. The first-order chi connectivity index (χ1) is 20.7. The minimum atomic E-state index is -0.833. The maximum Gasteiger partial charge on any atom is 0.333 e. The minimum Gasteiger partial charge on any atom is -0.491 e. The lowest BCUT2D eigenvalue weighted by molar-refractivity contribution is -0.145. The molecule has 0 aliphatic rings. The number of aliphatic hydroxyl groups is 2. The summed E-state index contributed by atoms with van der Waals surface area (Å²) in [5.41, 5.74) is 4.90. The molecule has 0 saturated heterocycles. The van der Waals surface area contributed by atoms with Crippen LogP contribution in [0.3, 0.4) is 0 Å². The van der Waals surface area contributed by atoms with Crippen molar-refractivity contribution in [2.75, 3.05) is 13.2 Å². The van der Waals surface area contributed by atoms with Crippen molar-refractivity contribution in [1.29, 1.82) is 0 Å². The Morgan fingerprint density at radius 3 is 1.84 bits per heavy atom. The zero-order chi connectivity index (χ0) is 33.0. The Balaban J connectivity index is 2.02. The van der Waals surface area contributed by atoms with Crippen molar-refractivity contribution < 1.29 is 38.7 Å². The van der Waals surface area contributed by atoms with Gasteiger partial charge >= 0.3 is 11.9 Å². The third-order valence-corrected chi connectivity index (χ3v) is 7.34. The van der Waals surface area contributed by atoms with Crippen LogP contribution >= 0.6 is 0 Å². The first kappa shape index (κ1) is 36.6. The van der Waals surface area contributed by atoms with Crippen molar-refractivity contribution in [1.82, 2.24) is 0 Å². The summed E-state index contributed by atoms with van der Waals surface area (Å²) in [6.45, 7) is 20.1. The zero-order valence-corrected chi connectivity index (χ0v) is 27.4. The Labute approximate surface area is 262 Å². The number of hydrogen-bond donors (Lipinski definition) is 2. The molecule has 0 bridgehead atoms. The molecular weight excluding hydrogens is 560 g/mol. The molecule has 0 saturated carbocycles. The molecule has 2 aromatic carbocycles. The van der Waals surface area contributed by atoms with E-state index >= 15 is 0 Å². The summed E-state index contributed by atoms with van der Waals surface area (Å²) in [4.78, 5) is 23.3. The van der Waals surface area contributed by atoms with Gasteiger partial charge in [-0.3, -0.25) is 0 Å². The van der Waals surface area contributed by atoms with Crippen LogP contribution in [0.25, 0.3) is 0 Å². The van der Waals surface area contributed by atoms with Gasteiger partial charge < -0.3 is 29.2 Å². The highest BCUT2D eigenvalue weighted by Crippen LogP contribution is 2.34. The standard InChI is InChI=1S/C36H50O8/c1-10-31(19-30(38)21-42-35(39)22(3)4)44-34-15-13-28(17-25(34)8)32(11-2)27-12-14-33(24(7)16-27)41-20-29(37)18-26(9)43-36(40)23(5)6/h12-17,26,29-32,37-38H,3,5,10-11,18-21H2,1-2,4,6-9H3. The molecule has 0 amide bonds. The summed E-state index contributed by atoms with van der Waals surface area (Å²) in [5.74, 6) is 0.619. The molecule has 0 aliphatic carbocycles. The number of ether oxygens (including phenoxy) is 4. The number of esters is 2. The molecule has 0 aromatic heterocycles. The Morgan fingerprint density at radius 1 is 0.795 bits per heavy atom. The first-order valence-electron chi connectivity index (χ1n) is 15.3. The van der Waals surface area contributed by atoms with Gasteiger partial charge in [-0.15, -0.1) is 0 Å². The van der Waals surface area contributed by atoms with E-state index in [1.54, 1.807) is 20.8 Å². The van der Waals surface area contributed by atoms with Crippen LogP contribution in [0.1, 0.15) is 88.5 Å². The van der Waals surface area contributed by atoms with E-state index in [0.29, 0.717) is 29.7 Å². The molecule has 5 unspecified atom stereocenters. The number of carbonyl (C=O) groups is 2. The molecule has 2 aromatic rings. The van der Waals surface area contributed by atoms with Gasteiger partial charge in [-0.1, -0.05) is 51.3 Å². The number of benzene rings is 2. The van der Waals surface area contributed by atoms with Gasteiger partial charge in [0.15, 0.2) is 0 Å². The van der Waals surface area contributed by atoms with Crippen LogP contribution in [-0.2, 0) is 19.1 Å². The maximum atomic E-state index is 11.7. The number of aliphatic hydroxyl groups excluding tert-OH is 2. The number of carbonyl (C=O) groups excluding carboxylic acids is 2. The fourth-order valence-corrected chi connectivity index (χ4v) is 4.85. The summed E-state index contributed by atoms with van der Waals surface area (Å²) < 4.78 is 22.5. The monoisotopic (exact) mass is 610 g/mol. The van der Waals surface area contributed by atoms with Crippen LogP contribution in [0.15, 0.2) is 60.7 Å². The third kappa shape index (κ3) is 11.5. The molecule has 8 heteroatoms. The second kappa shape index (κ2) is 17.6. The van der Waals surface area contributed by atoms with Crippen molar-refractivity contribution in [3.8, 4) is 11.5 Å². The van der Waals surface area contributed by atoms with Gasteiger partial charge in [0.1, 0.15) is 36.9 Å². The summed E-state index contributed by atoms with van der Waals surface area (Å²) >= 11 is 0. The Bertz CT molecular complexity index is 1280. The van der Waals surface area contributed by atoms with E-state index in [0.717, 1.165) is 28.9 Å². The van der Waals surface area contributed by atoms with Crippen molar-refractivity contribution in [2.45, 2.75) is 104 Å². The van der Waals surface area contributed by atoms with Crippen LogP contribution in [-0.4, -0.2) is 59.8 Å². The summed E-state index contributed by atoms with van der Waals surface area (Å²) in [7, 11) is 0. The lowest BCUT2D eigenvalue weighted by Gasteiger charge is -2.23. The van der Waals surface area contributed by atoms with Gasteiger partial charge in [0, 0.05) is 29.9 Å². The predicted octanol–water partition coefficient (Wildman–Crippen LogP) is 6.51. The smallest absolute Gasteiger partial charge is 0.333 e. The van der Waals surface area contributed by atoms with Crippen molar-refractivity contribution in [3.63, 3.8) is 0 Å². The van der Waals surface area contributed by atoms with Gasteiger partial charge in [-0.2, -0.15) is 0 Å². The van der Waals surface area contributed by atoms with Gasteiger partial charge in [-0.05, 0) is 81.8 Å². The van der Waals surface area contributed by atoms with E-state index in [9.17, 15) is 19.8 Å². The maximum absolute atomic E-state index is 11.7. The van der Waals surface area contributed by atoms with E-state index in [1.807, 2.05) is 32.9 Å². The molecule has 2 rings (SSSR count). The van der Waals surface area contributed by atoms with Gasteiger partial charge in [-0.25, -0.2) is 9.59 Å². The highest BCUT2D eigenvalue weighted by atomic mass is 16.5. The number of hydrogen-bond acceptors (Lipinski definition) is 8. The largest absolute Gasteiger partial charge is 0.491 e. The van der Waals surface area contributed by atoms with E-state index in [1.165, 1.54) is 5.56 Å². The SMILES string of the molecule is C=C(C)C(=O)OCC(O)CC(CC)Oc1ccc(C(CC)c2ccc(OCC(O)CC(C)OC(=O)C(=C)C)c(C)c2)cc1C. The highest BCUT2D eigenvalue weighted by Gasteiger charge is 2.20. The highest BCUT2D eigenvalue weighted by molar-refractivity contribution is 5.87. The van der Waals surface area contributed by atoms with Crippen molar-refractivity contribution in [3.05, 3.63) is 83.0 Å². The first-order valence-corrected chi connectivity index (χ1v) is 15.3. The van der Waals surface area contributed by atoms with Gasteiger partial charge in [0.25, 0.3) is 0 Å². The molecule has 0 heterocycles. The molecule has 0 spiro atoms. The fraction of sp³-hybridized carbons (Fsp3) is 0.500. The summed E-state index contributed by atoms with van der Waals surface area (Å²) in [6.07, 6.45) is -0.123. The zero-order valence-electron chi connectivity index (χ0n) is 27.4. The van der Waals surface area contributed by atoms with E-state index in [-0.39, 0.29) is 31.7 Å². The minimum absolute atomic E-state index is 0.0858. The number of aryl methyl sites for hydroxylation is 2. The second-order valence-corrected chi connectivity index (χ2v) is 11.6. The van der Waals surface area contributed by atoms with Crippen LogP contribution < -0.4 is 9.47 Å². The van der Waals surface area contributed by atoms with E-state index in [2.05, 4.69) is 44.3 Å². The molecular formula is C36H50O8. The normalized spacial score (nSPS) is 14.5. The second-order valence-electron chi connectivity index (χ2n) is 11.6. The summed E-state index contributed by atoms with van der Waals surface area (Å²) in [5, 5.41) is 20.8. The Hall–Kier alpha value is -3.62. The third-order valence-electron chi connectivity index (χ3n) is 7.34. The number of rotatable bonds is 18. The Kier molecular flexibility index (Phi) is 14.6. The summed E-state index contributed by atoms with van der Waals surface area (Å²) in [6, 6.07) is 12.3. The molecule has 0 radical (unpaired) electrons. The van der Waals surface area contributed by atoms with Crippen molar-refractivity contribution >= 4 is 11.9 Å². The van der Waals surface area contributed by atoms with Crippen LogP contribution in [0.4, 0.5) is 0 Å². The van der Waals surface area contributed by atoms with Gasteiger partial charge in [0.2, 0.25) is 0 Å². The van der Waals surface area contributed by atoms with Crippen molar-refractivity contribution in [2.24, 2.45) is 0 Å². The topological polar surface area (TPSA) is 112 Å². The predicted molar refractivity (Wildman–Crippen MR) is 172 cm³/mol. The van der Waals surface area contributed by atoms with E-state index < -0.39 is 30.3 Å². The lowest BCUT2D eigenvalue weighted by atomic mass is 9.87. The molecule has 44 heavy (non-hydrogen) atoms. The van der Waals surface area contributed by atoms with Gasteiger partial charge in [0.05, 0.1) is 12.2 Å². The Morgan fingerprint density at radius 2 is 1.34 bits per heavy atom. The quantitative estimate of drug-likeness (QED) is 0.145. The lowest BCUT2D eigenvalue weighted by Crippen LogP contribution is -2.27. The molecule has 242 valence electrons. The molecule has 2 N–H and O–H groups in total. The molecule has 5 atom stereocenters. The van der Waals surface area contributed by atoms with Crippen LogP contribution in [0.5, 0.6) is 11.5 Å². The van der Waals surface area contributed by atoms with Crippen LogP contribution in [0.2, 0.25) is 0 Å². The molecule has 0 fully saturated rings.